The van der Waals surface area contributed by atoms with Crippen molar-refractivity contribution in [2.45, 2.75) is 31.7 Å². The number of benzene rings is 3. The van der Waals surface area contributed by atoms with Crippen LogP contribution in [0.5, 0.6) is 11.5 Å². The van der Waals surface area contributed by atoms with E-state index in [1.165, 1.54) is 32.4 Å². The predicted molar refractivity (Wildman–Crippen MR) is 138 cm³/mol. The molecule has 3 rings (SSSR count). The predicted octanol–water partition coefficient (Wildman–Crippen LogP) is 5.05. The van der Waals surface area contributed by atoms with E-state index in [4.69, 9.17) is 21.1 Å². The maximum atomic E-state index is 13.7. The van der Waals surface area contributed by atoms with Gasteiger partial charge in [-0.15, -0.1) is 0 Å². The number of ether oxygens (including phenoxy) is 2. The molecule has 35 heavy (non-hydrogen) atoms. The summed E-state index contributed by atoms with van der Waals surface area (Å²) in [5.74, 6) is 0.208. The van der Waals surface area contributed by atoms with E-state index < -0.39 is 22.5 Å². The van der Waals surface area contributed by atoms with Gasteiger partial charge in [0, 0.05) is 11.1 Å². The van der Waals surface area contributed by atoms with Crippen LogP contribution in [0.15, 0.2) is 65.6 Å². The Hall–Kier alpha value is -3.23. The van der Waals surface area contributed by atoms with Crippen molar-refractivity contribution in [3.05, 3.63) is 82.4 Å². The molecule has 9 heteroatoms. The zero-order valence-corrected chi connectivity index (χ0v) is 21.9. The van der Waals surface area contributed by atoms with E-state index in [1.54, 1.807) is 24.3 Å². The number of sulfonamides is 1. The molecule has 0 spiro atoms. The minimum absolute atomic E-state index is 0.0412. The van der Waals surface area contributed by atoms with Crippen LogP contribution in [-0.4, -0.2) is 35.1 Å². The number of aryl methyl sites for hydroxylation is 2. The van der Waals surface area contributed by atoms with Gasteiger partial charge in [0.2, 0.25) is 5.91 Å². The minimum Gasteiger partial charge on any atom is -0.493 e. The Morgan fingerprint density at radius 2 is 1.63 bits per heavy atom. The molecule has 186 valence electrons. The fourth-order valence-electron chi connectivity index (χ4n) is 3.75. The highest BCUT2D eigenvalue weighted by atomic mass is 35.5. The number of carbonyl (C=O) groups excluding carboxylic acids is 1. The van der Waals surface area contributed by atoms with Crippen LogP contribution in [0.2, 0.25) is 5.02 Å². The molecule has 0 saturated carbocycles. The highest BCUT2D eigenvalue weighted by Gasteiger charge is 2.29. The molecule has 0 saturated heterocycles. The van der Waals surface area contributed by atoms with Crippen LogP contribution < -0.4 is 19.1 Å². The highest BCUT2D eigenvalue weighted by Crippen LogP contribution is 2.32. The molecule has 1 N–H and O–H groups in total. The number of carbonyl (C=O) groups is 1. The Kier molecular flexibility index (Phi) is 8.30. The summed E-state index contributed by atoms with van der Waals surface area (Å²) in [7, 11) is -1.25. The fraction of sp³-hybridized carbons (Fsp3) is 0.269. The number of methoxy groups -OCH3 is 2. The third-order valence-corrected chi connectivity index (χ3v) is 7.65. The van der Waals surface area contributed by atoms with E-state index in [9.17, 15) is 13.2 Å². The molecule has 3 aromatic carbocycles. The maximum absolute atomic E-state index is 13.7. The van der Waals surface area contributed by atoms with Crippen molar-refractivity contribution >= 4 is 33.2 Å². The van der Waals surface area contributed by atoms with Crippen molar-refractivity contribution in [3.63, 3.8) is 0 Å². The molecule has 7 nitrogen and oxygen atoms in total. The van der Waals surface area contributed by atoms with E-state index in [0.29, 0.717) is 16.5 Å². The zero-order valence-electron chi connectivity index (χ0n) is 20.3. The van der Waals surface area contributed by atoms with Gasteiger partial charge in [-0.1, -0.05) is 35.4 Å². The van der Waals surface area contributed by atoms with Gasteiger partial charge in [-0.2, -0.15) is 0 Å². The molecule has 0 heterocycles. The summed E-state index contributed by atoms with van der Waals surface area (Å²) >= 11 is 6.01. The van der Waals surface area contributed by atoms with E-state index in [1.807, 2.05) is 39.0 Å². The smallest absolute Gasteiger partial charge is 0.264 e. The normalized spacial score (nSPS) is 12.1. The van der Waals surface area contributed by atoms with E-state index in [2.05, 4.69) is 5.32 Å². The number of rotatable bonds is 9. The van der Waals surface area contributed by atoms with Crippen LogP contribution in [-0.2, 0) is 14.8 Å². The van der Waals surface area contributed by atoms with E-state index in [0.717, 1.165) is 21.0 Å². The van der Waals surface area contributed by atoms with Crippen molar-refractivity contribution in [3.8, 4) is 11.5 Å². The number of anilines is 1. The molecule has 3 aromatic rings. The summed E-state index contributed by atoms with van der Waals surface area (Å²) in [5, 5.41) is 3.37. The van der Waals surface area contributed by atoms with Gasteiger partial charge in [-0.25, -0.2) is 8.42 Å². The molecule has 0 fully saturated rings. The molecule has 1 unspecified atom stereocenters. The Balaban J connectivity index is 1.95. The third kappa shape index (κ3) is 6.07. The lowest BCUT2D eigenvalue weighted by Gasteiger charge is -2.26. The Bertz CT molecular complexity index is 1310. The SMILES string of the molecule is COc1ccc(S(=O)(=O)N(CC(=O)NC(C)c2cc(C)ccc2C)c2ccc(Cl)cc2)cc1OC. The lowest BCUT2D eigenvalue weighted by atomic mass is 10.00. The Morgan fingerprint density at radius 3 is 2.26 bits per heavy atom. The fourth-order valence-corrected chi connectivity index (χ4v) is 5.31. The summed E-state index contributed by atoms with van der Waals surface area (Å²) in [4.78, 5) is 13.0. The molecule has 0 aromatic heterocycles. The summed E-state index contributed by atoms with van der Waals surface area (Å²) in [6.45, 7) is 5.40. The minimum atomic E-state index is -4.14. The maximum Gasteiger partial charge on any atom is 0.264 e. The first-order valence-corrected chi connectivity index (χ1v) is 12.8. The van der Waals surface area contributed by atoms with E-state index >= 15 is 0 Å². The number of hydrogen-bond donors (Lipinski definition) is 1. The monoisotopic (exact) mass is 516 g/mol. The molecule has 0 aliphatic carbocycles. The lowest BCUT2D eigenvalue weighted by molar-refractivity contribution is -0.120. The second kappa shape index (κ2) is 11.0. The largest absolute Gasteiger partial charge is 0.493 e. The highest BCUT2D eigenvalue weighted by molar-refractivity contribution is 7.92. The molecule has 0 aliphatic heterocycles. The Labute approximate surface area is 211 Å². The topological polar surface area (TPSA) is 84.9 Å². The average Bonchev–Trinajstić information content (AvgIpc) is 2.84. The molecular formula is C26H29ClN2O5S. The van der Waals surface area contributed by atoms with Crippen LogP contribution in [0.3, 0.4) is 0 Å². The summed E-state index contributed by atoms with van der Waals surface area (Å²) in [6.07, 6.45) is 0. The van der Waals surface area contributed by atoms with Gasteiger partial charge >= 0.3 is 0 Å². The standard InChI is InChI=1S/C26H29ClN2O5S/c1-17-6-7-18(2)23(14-17)19(3)28-26(30)16-29(21-10-8-20(27)9-11-21)35(31,32)22-12-13-24(33-4)25(15-22)34-5/h6-15,19H,16H2,1-5H3,(H,28,30). The van der Waals surface area contributed by atoms with Crippen LogP contribution >= 0.6 is 11.6 Å². The van der Waals surface area contributed by atoms with Gasteiger partial charge in [-0.05, 0) is 68.3 Å². The zero-order chi connectivity index (χ0) is 25.8. The van der Waals surface area contributed by atoms with Gasteiger partial charge in [0.1, 0.15) is 6.54 Å². The van der Waals surface area contributed by atoms with Gasteiger partial charge in [0.05, 0.1) is 30.8 Å². The van der Waals surface area contributed by atoms with Crippen molar-refractivity contribution in [1.29, 1.82) is 0 Å². The average molecular weight is 517 g/mol. The second-order valence-electron chi connectivity index (χ2n) is 8.15. The molecule has 1 amide bonds. The molecule has 0 bridgehead atoms. The third-order valence-electron chi connectivity index (χ3n) is 5.62. The summed E-state index contributed by atoms with van der Waals surface area (Å²) < 4.78 is 38.9. The number of halogens is 1. The molecule has 0 radical (unpaired) electrons. The molecular weight excluding hydrogens is 488 g/mol. The number of nitrogens with zero attached hydrogens (tertiary/aromatic N) is 1. The lowest BCUT2D eigenvalue weighted by Crippen LogP contribution is -2.41. The number of nitrogens with one attached hydrogen (secondary N) is 1. The van der Waals surface area contributed by atoms with Crippen molar-refractivity contribution in [1.82, 2.24) is 5.32 Å². The quantitative estimate of drug-likeness (QED) is 0.430. The molecule has 0 aliphatic rings. The van der Waals surface area contributed by atoms with Gasteiger partial charge in [-0.3, -0.25) is 9.10 Å². The van der Waals surface area contributed by atoms with E-state index in [-0.39, 0.29) is 16.7 Å². The van der Waals surface area contributed by atoms with Gasteiger partial charge in [0.15, 0.2) is 11.5 Å². The van der Waals surface area contributed by atoms with Crippen molar-refractivity contribution in [2.24, 2.45) is 0 Å². The molecule has 1 atom stereocenters. The van der Waals surface area contributed by atoms with Crippen LogP contribution in [0.4, 0.5) is 5.69 Å². The van der Waals surface area contributed by atoms with Crippen LogP contribution in [0, 0.1) is 13.8 Å². The first kappa shape index (κ1) is 26.4. The van der Waals surface area contributed by atoms with Crippen molar-refractivity contribution in [2.75, 3.05) is 25.1 Å². The van der Waals surface area contributed by atoms with Crippen molar-refractivity contribution < 1.29 is 22.7 Å². The second-order valence-corrected chi connectivity index (χ2v) is 10.5. The first-order valence-electron chi connectivity index (χ1n) is 10.9. The Morgan fingerprint density at radius 1 is 0.971 bits per heavy atom. The van der Waals surface area contributed by atoms with Crippen LogP contribution in [0.1, 0.15) is 29.7 Å². The number of hydrogen-bond acceptors (Lipinski definition) is 5. The van der Waals surface area contributed by atoms with Gasteiger partial charge in [0.25, 0.3) is 10.0 Å². The van der Waals surface area contributed by atoms with Gasteiger partial charge < -0.3 is 14.8 Å². The van der Waals surface area contributed by atoms with Crippen LogP contribution in [0.25, 0.3) is 0 Å². The summed E-state index contributed by atoms with van der Waals surface area (Å²) in [6, 6.07) is 16.3. The summed E-state index contributed by atoms with van der Waals surface area (Å²) in [5.41, 5.74) is 3.39. The number of amides is 1. The first-order chi connectivity index (χ1) is 16.6.